The third-order valence-corrected chi connectivity index (χ3v) is 5.17. The minimum Gasteiger partial charge on any atom is -0.496 e. The van der Waals surface area contributed by atoms with Gasteiger partial charge in [-0.3, -0.25) is 4.79 Å². The highest BCUT2D eigenvalue weighted by Gasteiger charge is 2.17. The van der Waals surface area contributed by atoms with Crippen LogP contribution in [0.4, 0.5) is 0 Å². The zero-order valence-electron chi connectivity index (χ0n) is 10.7. The van der Waals surface area contributed by atoms with E-state index in [4.69, 9.17) is 4.74 Å². The van der Waals surface area contributed by atoms with E-state index in [2.05, 4.69) is 31.9 Å². The maximum atomic E-state index is 12.5. The van der Waals surface area contributed by atoms with Gasteiger partial charge in [-0.05, 0) is 75.0 Å². The molecule has 0 saturated carbocycles. The van der Waals surface area contributed by atoms with Gasteiger partial charge in [0.25, 0.3) is 0 Å². The van der Waals surface area contributed by atoms with Crippen LogP contribution in [0.15, 0.2) is 25.8 Å². The number of carbonyl (C=O) groups is 1. The van der Waals surface area contributed by atoms with Crippen LogP contribution in [-0.4, -0.2) is 12.9 Å². The summed E-state index contributed by atoms with van der Waals surface area (Å²) >= 11 is 8.31. The fourth-order valence-corrected chi connectivity index (χ4v) is 4.85. The van der Waals surface area contributed by atoms with Gasteiger partial charge in [-0.15, -0.1) is 11.3 Å². The van der Waals surface area contributed by atoms with Gasteiger partial charge in [0.15, 0.2) is 5.78 Å². The zero-order chi connectivity index (χ0) is 14.2. The van der Waals surface area contributed by atoms with Gasteiger partial charge >= 0.3 is 0 Å². The van der Waals surface area contributed by atoms with Gasteiger partial charge in [-0.2, -0.15) is 0 Å². The lowest BCUT2D eigenvalue weighted by Crippen LogP contribution is -2.03. The highest BCUT2D eigenvalue weighted by molar-refractivity contribution is 9.12. The number of benzene rings is 1. The average Bonchev–Trinajstić information content (AvgIpc) is 2.67. The molecule has 2 aromatic rings. The predicted molar refractivity (Wildman–Crippen MR) is 85.6 cm³/mol. The van der Waals surface area contributed by atoms with Crippen LogP contribution in [0.2, 0.25) is 0 Å². The molecule has 100 valence electrons. The number of hydrogen-bond acceptors (Lipinski definition) is 3. The number of thiophene rings is 1. The molecule has 19 heavy (non-hydrogen) atoms. The number of halogens is 2. The third-order valence-electron chi connectivity index (χ3n) is 2.83. The molecule has 5 heteroatoms. The maximum absolute atomic E-state index is 12.5. The smallest absolute Gasteiger partial charge is 0.195 e. The molecule has 0 aliphatic carbocycles. The van der Waals surface area contributed by atoms with E-state index in [-0.39, 0.29) is 5.78 Å². The molecular formula is C14H12Br2O2S. The summed E-state index contributed by atoms with van der Waals surface area (Å²) in [5, 5.41) is 0. The first-order valence-electron chi connectivity index (χ1n) is 5.58. The minimum atomic E-state index is 0.0164. The van der Waals surface area contributed by atoms with E-state index in [0.29, 0.717) is 11.1 Å². The van der Waals surface area contributed by atoms with Crippen LogP contribution in [-0.2, 0) is 0 Å². The largest absolute Gasteiger partial charge is 0.496 e. The molecule has 0 N–H and O–H groups in total. The second kappa shape index (κ2) is 5.77. The van der Waals surface area contributed by atoms with Crippen molar-refractivity contribution in [2.45, 2.75) is 13.8 Å². The first-order valence-corrected chi connectivity index (χ1v) is 7.99. The summed E-state index contributed by atoms with van der Waals surface area (Å²) in [5.41, 5.74) is 3.30. The molecule has 0 saturated heterocycles. The van der Waals surface area contributed by atoms with Gasteiger partial charge in [-0.25, -0.2) is 0 Å². The van der Waals surface area contributed by atoms with E-state index >= 15 is 0 Å². The lowest BCUT2D eigenvalue weighted by molar-refractivity contribution is 0.103. The van der Waals surface area contributed by atoms with Gasteiger partial charge in [0, 0.05) is 11.1 Å². The van der Waals surface area contributed by atoms with Crippen molar-refractivity contribution in [1.82, 2.24) is 0 Å². The van der Waals surface area contributed by atoms with Gasteiger partial charge in [-0.1, -0.05) is 0 Å². The summed E-state index contributed by atoms with van der Waals surface area (Å²) < 4.78 is 7.10. The lowest BCUT2D eigenvalue weighted by Gasteiger charge is -2.10. The number of methoxy groups -OCH3 is 1. The molecule has 0 aliphatic rings. The Hall–Kier alpha value is -0.650. The number of hydrogen-bond donors (Lipinski definition) is 0. The fourth-order valence-electron chi connectivity index (χ4n) is 2.05. The number of aryl methyl sites for hydroxylation is 2. The molecule has 0 fully saturated rings. The molecule has 2 nitrogen and oxygen atoms in total. The Bertz CT molecular complexity index is 624. The van der Waals surface area contributed by atoms with Crippen molar-refractivity contribution in [3.05, 3.63) is 48.0 Å². The summed E-state index contributed by atoms with van der Waals surface area (Å²) in [5.74, 6) is 0.852. The van der Waals surface area contributed by atoms with Gasteiger partial charge in [0.2, 0.25) is 0 Å². The summed E-state index contributed by atoms with van der Waals surface area (Å²) in [7, 11) is 1.64. The van der Waals surface area contributed by atoms with E-state index in [9.17, 15) is 4.79 Å². The lowest BCUT2D eigenvalue weighted by atomic mass is 10.00. The topological polar surface area (TPSA) is 26.3 Å². The van der Waals surface area contributed by atoms with Crippen molar-refractivity contribution in [3.8, 4) is 5.75 Å². The molecule has 0 spiro atoms. The summed E-state index contributed by atoms with van der Waals surface area (Å²) in [6, 6.07) is 5.57. The Morgan fingerprint density at radius 1 is 1.16 bits per heavy atom. The molecule has 0 radical (unpaired) electrons. The predicted octanol–water partition coefficient (Wildman–Crippen LogP) is 5.13. The second-order valence-corrected chi connectivity index (χ2v) is 7.96. The molecule has 1 aromatic heterocycles. The van der Waals surface area contributed by atoms with E-state index in [0.717, 1.165) is 24.4 Å². The van der Waals surface area contributed by atoms with Crippen molar-refractivity contribution in [2.24, 2.45) is 0 Å². The Morgan fingerprint density at radius 2 is 1.74 bits per heavy atom. The molecule has 2 rings (SSSR count). The van der Waals surface area contributed by atoms with E-state index in [1.807, 2.05) is 32.0 Å². The van der Waals surface area contributed by atoms with Crippen LogP contribution in [0.25, 0.3) is 0 Å². The molecular weight excluding hydrogens is 392 g/mol. The molecule has 0 atom stereocenters. The van der Waals surface area contributed by atoms with Crippen molar-refractivity contribution in [3.63, 3.8) is 0 Å². The summed E-state index contributed by atoms with van der Waals surface area (Å²) in [6.45, 7) is 3.89. The van der Waals surface area contributed by atoms with Crippen molar-refractivity contribution in [1.29, 1.82) is 0 Å². The maximum Gasteiger partial charge on any atom is 0.195 e. The van der Waals surface area contributed by atoms with Gasteiger partial charge < -0.3 is 4.74 Å². The van der Waals surface area contributed by atoms with E-state index in [1.165, 1.54) is 11.3 Å². The summed E-state index contributed by atoms with van der Waals surface area (Å²) in [6.07, 6.45) is 0. The Morgan fingerprint density at radius 3 is 2.16 bits per heavy atom. The molecule has 1 aromatic carbocycles. The van der Waals surface area contributed by atoms with Crippen molar-refractivity contribution >= 4 is 49.0 Å². The van der Waals surface area contributed by atoms with Crippen molar-refractivity contribution < 1.29 is 9.53 Å². The molecule has 0 bridgehead atoms. The van der Waals surface area contributed by atoms with Crippen molar-refractivity contribution in [2.75, 3.05) is 7.11 Å². The summed E-state index contributed by atoms with van der Waals surface area (Å²) in [4.78, 5) is 12.5. The number of carbonyl (C=O) groups excluding carboxylic acids is 1. The molecule has 0 unspecified atom stereocenters. The average molecular weight is 404 g/mol. The third kappa shape index (κ3) is 2.93. The quantitative estimate of drug-likeness (QED) is 0.664. The Labute approximate surface area is 133 Å². The normalized spacial score (nSPS) is 10.6. The van der Waals surface area contributed by atoms with Crippen LogP contribution in [0.1, 0.15) is 27.0 Å². The highest BCUT2D eigenvalue weighted by Crippen LogP contribution is 2.34. The first kappa shape index (κ1) is 14.8. The Kier molecular flexibility index (Phi) is 4.48. The highest BCUT2D eigenvalue weighted by atomic mass is 79.9. The number of rotatable bonds is 3. The van der Waals surface area contributed by atoms with Gasteiger partial charge in [0.1, 0.15) is 5.75 Å². The van der Waals surface area contributed by atoms with Gasteiger partial charge in [0.05, 0.1) is 14.7 Å². The van der Waals surface area contributed by atoms with Crippen LogP contribution in [0, 0.1) is 13.8 Å². The number of ketones is 1. The molecule has 1 heterocycles. The number of ether oxygens (including phenoxy) is 1. The van der Waals surface area contributed by atoms with Crippen LogP contribution >= 0.6 is 43.2 Å². The minimum absolute atomic E-state index is 0.0164. The van der Waals surface area contributed by atoms with E-state index in [1.54, 1.807) is 7.11 Å². The van der Waals surface area contributed by atoms with Crippen LogP contribution in [0.3, 0.4) is 0 Å². The monoisotopic (exact) mass is 402 g/mol. The second-order valence-electron chi connectivity index (χ2n) is 4.21. The molecule has 0 aliphatic heterocycles. The van der Waals surface area contributed by atoms with E-state index < -0.39 is 0 Å². The fraction of sp³-hybridized carbons (Fsp3) is 0.214. The first-order chi connectivity index (χ1) is 8.93. The standard InChI is InChI=1S/C14H12Br2O2S/c1-7-4-9(5-8(2)13(7)18-3)12(17)10-6-11(15)19-14(10)16/h4-6H,1-3H3. The van der Waals surface area contributed by atoms with Crippen LogP contribution in [0.5, 0.6) is 5.75 Å². The SMILES string of the molecule is COc1c(C)cc(C(=O)c2cc(Br)sc2Br)cc1C. The van der Waals surface area contributed by atoms with Crippen LogP contribution < -0.4 is 4.74 Å². The molecule has 0 amide bonds. The zero-order valence-corrected chi connectivity index (χ0v) is 14.7. The Balaban J connectivity index is 2.48.